The van der Waals surface area contributed by atoms with Crippen LogP contribution in [0.3, 0.4) is 0 Å². The van der Waals surface area contributed by atoms with Crippen LogP contribution in [0, 0.1) is 11.8 Å². The molecule has 7 nitrogen and oxygen atoms in total. The first-order valence-electron chi connectivity index (χ1n) is 10.6. The topological polar surface area (TPSA) is 65.1 Å². The van der Waals surface area contributed by atoms with Crippen LogP contribution < -0.4 is 5.32 Å². The van der Waals surface area contributed by atoms with Crippen molar-refractivity contribution in [1.82, 2.24) is 20.0 Å². The van der Waals surface area contributed by atoms with Gasteiger partial charge in [-0.15, -0.1) is 0 Å². The minimum absolute atomic E-state index is 0.133. The van der Waals surface area contributed by atoms with Crippen molar-refractivity contribution < 1.29 is 14.3 Å². The van der Waals surface area contributed by atoms with Crippen LogP contribution in [0.5, 0.6) is 0 Å². The molecule has 0 aromatic carbocycles. The van der Waals surface area contributed by atoms with Gasteiger partial charge in [0.15, 0.2) is 0 Å². The van der Waals surface area contributed by atoms with Gasteiger partial charge in [-0.3, -0.25) is 19.4 Å². The van der Waals surface area contributed by atoms with E-state index in [-0.39, 0.29) is 11.8 Å². The quantitative estimate of drug-likeness (QED) is 0.748. The van der Waals surface area contributed by atoms with Gasteiger partial charge in [-0.05, 0) is 18.3 Å². The molecule has 2 saturated heterocycles. The fraction of sp³-hybridized carbons (Fsp3) is 0.900. The summed E-state index contributed by atoms with van der Waals surface area (Å²) in [4.78, 5) is 31.2. The minimum atomic E-state index is 0.133. The molecule has 1 N–H and O–H groups in total. The van der Waals surface area contributed by atoms with Crippen LogP contribution >= 0.6 is 0 Å². The van der Waals surface area contributed by atoms with Crippen LogP contribution in [0.1, 0.15) is 33.1 Å². The predicted octanol–water partition coefficient (Wildman–Crippen LogP) is 0.404. The van der Waals surface area contributed by atoms with Gasteiger partial charge in [0.1, 0.15) is 0 Å². The Morgan fingerprint density at radius 1 is 0.926 bits per heavy atom. The number of carbonyl (C=O) groups excluding carboxylic acids is 2. The average Bonchev–Trinajstić information content (AvgIpc) is 2.67. The molecular formula is C20H36N4O3. The lowest BCUT2D eigenvalue weighted by Gasteiger charge is -2.37. The summed E-state index contributed by atoms with van der Waals surface area (Å²) in [5, 5.41) is 3.25. The number of carbonyl (C=O) groups is 2. The van der Waals surface area contributed by atoms with Crippen LogP contribution in [-0.2, 0) is 14.3 Å². The second-order valence-corrected chi connectivity index (χ2v) is 8.49. The van der Waals surface area contributed by atoms with E-state index in [1.807, 2.05) is 4.90 Å². The molecular weight excluding hydrogens is 344 g/mol. The van der Waals surface area contributed by atoms with E-state index in [9.17, 15) is 9.59 Å². The number of hydrogen-bond acceptors (Lipinski definition) is 5. The van der Waals surface area contributed by atoms with Gasteiger partial charge in [0.2, 0.25) is 11.8 Å². The molecule has 2 aliphatic heterocycles. The number of morpholine rings is 1. The van der Waals surface area contributed by atoms with E-state index in [1.54, 1.807) is 0 Å². The van der Waals surface area contributed by atoms with Crippen molar-refractivity contribution in [2.45, 2.75) is 39.2 Å². The summed E-state index contributed by atoms with van der Waals surface area (Å²) in [5.74, 6) is 1.57. The monoisotopic (exact) mass is 380 g/mol. The Bertz CT molecular complexity index is 501. The maximum absolute atomic E-state index is 12.5. The van der Waals surface area contributed by atoms with Crippen molar-refractivity contribution in [2.24, 2.45) is 11.8 Å². The fourth-order valence-corrected chi connectivity index (χ4v) is 4.45. The Morgan fingerprint density at radius 2 is 1.59 bits per heavy atom. The summed E-state index contributed by atoms with van der Waals surface area (Å²) in [6, 6.07) is 0.317. The Balaban J connectivity index is 1.36. The van der Waals surface area contributed by atoms with E-state index in [0.29, 0.717) is 57.3 Å². The minimum Gasteiger partial charge on any atom is -0.379 e. The van der Waals surface area contributed by atoms with Crippen LogP contribution in [0.25, 0.3) is 0 Å². The maximum atomic E-state index is 12.5. The van der Waals surface area contributed by atoms with E-state index in [1.165, 1.54) is 12.8 Å². The molecule has 0 bridgehead atoms. The van der Waals surface area contributed by atoms with E-state index in [4.69, 9.17) is 4.74 Å². The molecule has 2 amide bonds. The Hall–Kier alpha value is -1.18. The molecule has 3 aliphatic rings. The second-order valence-electron chi connectivity index (χ2n) is 8.49. The largest absolute Gasteiger partial charge is 0.379 e. The molecule has 3 fully saturated rings. The molecule has 3 rings (SSSR count). The van der Waals surface area contributed by atoms with Gasteiger partial charge in [-0.25, -0.2) is 0 Å². The van der Waals surface area contributed by atoms with Gasteiger partial charge < -0.3 is 15.0 Å². The standard InChI is InChI=1S/C20H36N4O3/c1-16-4-3-5-18(17(16)2)21-19(25)14-22-6-8-24(9-7-22)20(26)15-23-10-12-27-13-11-23/h16-18H,3-15H2,1-2H3,(H,21,25). The van der Waals surface area contributed by atoms with Crippen LogP contribution in [-0.4, -0.2) is 98.1 Å². The second kappa shape index (κ2) is 9.85. The van der Waals surface area contributed by atoms with Gasteiger partial charge in [0.25, 0.3) is 0 Å². The first-order chi connectivity index (χ1) is 13.0. The van der Waals surface area contributed by atoms with Crippen LogP contribution in [0.4, 0.5) is 0 Å². The van der Waals surface area contributed by atoms with E-state index in [0.717, 1.165) is 32.6 Å². The molecule has 3 unspecified atom stereocenters. The van der Waals surface area contributed by atoms with Crippen molar-refractivity contribution in [1.29, 1.82) is 0 Å². The predicted molar refractivity (Wildman–Crippen MR) is 104 cm³/mol. The normalized spacial score (nSPS) is 30.9. The molecule has 0 aromatic rings. The number of hydrogen-bond donors (Lipinski definition) is 1. The molecule has 1 aliphatic carbocycles. The number of rotatable bonds is 5. The SMILES string of the molecule is CC1CCCC(NC(=O)CN2CCN(C(=O)CN3CCOCC3)CC2)C1C. The summed E-state index contributed by atoms with van der Waals surface area (Å²) < 4.78 is 5.33. The number of ether oxygens (including phenoxy) is 1. The molecule has 27 heavy (non-hydrogen) atoms. The third-order valence-electron chi connectivity index (χ3n) is 6.61. The molecule has 1 saturated carbocycles. The lowest BCUT2D eigenvalue weighted by molar-refractivity contribution is -0.135. The summed E-state index contributed by atoms with van der Waals surface area (Å²) in [7, 11) is 0. The highest BCUT2D eigenvalue weighted by Crippen LogP contribution is 2.29. The van der Waals surface area contributed by atoms with E-state index < -0.39 is 0 Å². The summed E-state index contributed by atoms with van der Waals surface area (Å²) in [6.45, 7) is 11.6. The van der Waals surface area contributed by atoms with E-state index in [2.05, 4.69) is 29.0 Å². The average molecular weight is 381 g/mol. The van der Waals surface area contributed by atoms with Crippen LogP contribution in [0.2, 0.25) is 0 Å². The molecule has 0 spiro atoms. The summed E-state index contributed by atoms with van der Waals surface area (Å²) in [5.41, 5.74) is 0. The van der Waals surface area contributed by atoms with Crippen molar-refractivity contribution in [2.75, 3.05) is 65.6 Å². The lowest BCUT2D eigenvalue weighted by Crippen LogP contribution is -2.54. The molecule has 7 heteroatoms. The zero-order valence-corrected chi connectivity index (χ0v) is 17.0. The van der Waals surface area contributed by atoms with E-state index >= 15 is 0 Å². The smallest absolute Gasteiger partial charge is 0.236 e. The zero-order valence-electron chi connectivity index (χ0n) is 17.0. The van der Waals surface area contributed by atoms with Gasteiger partial charge >= 0.3 is 0 Å². The highest BCUT2D eigenvalue weighted by Gasteiger charge is 2.29. The fourth-order valence-electron chi connectivity index (χ4n) is 4.45. The number of nitrogens with one attached hydrogen (secondary N) is 1. The third-order valence-corrected chi connectivity index (χ3v) is 6.61. The van der Waals surface area contributed by atoms with Gasteiger partial charge in [-0.2, -0.15) is 0 Å². The van der Waals surface area contributed by atoms with Crippen molar-refractivity contribution in [3.63, 3.8) is 0 Å². The lowest BCUT2D eigenvalue weighted by atomic mass is 9.78. The first kappa shape index (κ1) is 20.6. The number of piperazine rings is 1. The number of nitrogens with zero attached hydrogens (tertiary/aromatic N) is 3. The third kappa shape index (κ3) is 5.90. The highest BCUT2D eigenvalue weighted by atomic mass is 16.5. The molecule has 0 aromatic heterocycles. The van der Waals surface area contributed by atoms with Gasteiger partial charge in [-0.1, -0.05) is 26.7 Å². The highest BCUT2D eigenvalue weighted by molar-refractivity contribution is 5.79. The Kier molecular flexibility index (Phi) is 7.49. The van der Waals surface area contributed by atoms with Gasteiger partial charge in [0.05, 0.1) is 26.3 Å². The maximum Gasteiger partial charge on any atom is 0.236 e. The van der Waals surface area contributed by atoms with Gasteiger partial charge in [0, 0.05) is 45.3 Å². The molecule has 154 valence electrons. The van der Waals surface area contributed by atoms with Crippen molar-refractivity contribution in [3.8, 4) is 0 Å². The summed E-state index contributed by atoms with van der Waals surface area (Å²) >= 11 is 0. The molecule has 3 atom stereocenters. The van der Waals surface area contributed by atoms with Crippen molar-refractivity contribution >= 4 is 11.8 Å². The van der Waals surface area contributed by atoms with Crippen molar-refractivity contribution in [3.05, 3.63) is 0 Å². The molecule has 2 heterocycles. The number of amides is 2. The Morgan fingerprint density at radius 3 is 2.30 bits per heavy atom. The Labute approximate surface area is 163 Å². The first-order valence-corrected chi connectivity index (χ1v) is 10.6. The zero-order chi connectivity index (χ0) is 19.2. The van der Waals surface area contributed by atoms with Crippen LogP contribution in [0.15, 0.2) is 0 Å². The summed E-state index contributed by atoms with van der Waals surface area (Å²) in [6.07, 6.45) is 3.58. The molecule has 0 radical (unpaired) electrons.